The average Bonchev–Trinajstić information content (AvgIpc) is 3.00. The van der Waals surface area contributed by atoms with Crippen LogP contribution in [-0.2, 0) is 19.1 Å². The number of esters is 1. The van der Waals surface area contributed by atoms with Crippen LogP contribution in [0.25, 0.3) is 0 Å². The van der Waals surface area contributed by atoms with E-state index >= 15 is 0 Å². The summed E-state index contributed by atoms with van der Waals surface area (Å²) in [5.74, 6) is -1.60. The molecule has 0 amide bonds. The lowest BCUT2D eigenvalue weighted by Crippen LogP contribution is -2.70. The standard InChI is InChI=1S/C28H40O6/c1-15(2)16(3)11-25(31)34-24-13-21(18(5)29)17(4)27(32)14-23-22(28(24,27)33)8-7-19-12-20(30)9-10-26(19,23)6/h11-12,15,17,21-24,32-33H,7-10,13-14H2,1-6H3/b16-11-. The van der Waals surface area contributed by atoms with Gasteiger partial charge in [0.1, 0.15) is 23.1 Å². The van der Waals surface area contributed by atoms with Gasteiger partial charge in [0, 0.05) is 18.4 Å². The minimum Gasteiger partial charge on any atom is -0.456 e. The van der Waals surface area contributed by atoms with Crippen LogP contribution in [-0.4, -0.2) is 45.1 Å². The number of Topliss-reactive ketones (excluding diaryl/α,β-unsaturated/α-hetero) is 1. The molecule has 6 nitrogen and oxygen atoms in total. The van der Waals surface area contributed by atoms with Crippen molar-refractivity contribution in [2.75, 3.05) is 0 Å². The van der Waals surface area contributed by atoms with Gasteiger partial charge in [0.05, 0.1) is 0 Å². The normalized spacial score (nSPS) is 44.1. The molecule has 0 aromatic rings. The molecule has 2 N–H and O–H groups in total. The van der Waals surface area contributed by atoms with E-state index in [0.717, 1.165) is 11.1 Å². The van der Waals surface area contributed by atoms with Crippen LogP contribution in [0, 0.1) is 35.0 Å². The highest BCUT2D eigenvalue weighted by Gasteiger charge is 2.75. The number of rotatable bonds is 4. The summed E-state index contributed by atoms with van der Waals surface area (Å²) in [7, 11) is 0. The van der Waals surface area contributed by atoms with Crippen molar-refractivity contribution in [2.24, 2.45) is 35.0 Å². The minimum atomic E-state index is -1.64. The molecule has 0 heterocycles. The molecule has 0 radical (unpaired) electrons. The fourth-order valence-corrected chi connectivity index (χ4v) is 7.62. The molecule has 34 heavy (non-hydrogen) atoms. The zero-order chi connectivity index (χ0) is 25.2. The van der Waals surface area contributed by atoms with Crippen LogP contribution in [0.5, 0.6) is 0 Å². The molecule has 4 rings (SSSR count). The van der Waals surface area contributed by atoms with Crippen LogP contribution >= 0.6 is 0 Å². The largest absolute Gasteiger partial charge is 0.456 e. The summed E-state index contributed by atoms with van der Waals surface area (Å²) < 4.78 is 5.91. The summed E-state index contributed by atoms with van der Waals surface area (Å²) in [6, 6.07) is 0. The lowest BCUT2D eigenvalue weighted by molar-refractivity contribution is -0.260. The second kappa shape index (κ2) is 8.41. The van der Waals surface area contributed by atoms with E-state index in [0.29, 0.717) is 32.1 Å². The highest BCUT2D eigenvalue weighted by molar-refractivity contribution is 5.91. The molecule has 0 bridgehead atoms. The maximum atomic E-state index is 12.9. The topological polar surface area (TPSA) is 101 Å². The maximum absolute atomic E-state index is 12.9. The lowest BCUT2D eigenvalue weighted by Gasteiger charge is -2.55. The molecule has 4 aliphatic carbocycles. The zero-order valence-electron chi connectivity index (χ0n) is 21.4. The van der Waals surface area contributed by atoms with Crippen LogP contribution < -0.4 is 0 Å². The average molecular weight is 473 g/mol. The summed E-state index contributed by atoms with van der Waals surface area (Å²) in [5.41, 5.74) is -1.52. The third-order valence-corrected chi connectivity index (χ3v) is 10.1. The first-order valence-electron chi connectivity index (χ1n) is 12.8. The number of allylic oxidation sites excluding steroid dienone is 3. The minimum absolute atomic E-state index is 0.0575. The van der Waals surface area contributed by atoms with E-state index in [1.807, 2.05) is 27.7 Å². The van der Waals surface area contributed by atoms with Crippen molar-refractivity contribution < 1.29 is 29.3 Å². The van der Waals surface area contributed by atoms with E-state index < -0.39 is 35.1 Å². The van der Waals surface area contributed by atoms with Crippen molar-refractivity contribution >= 4 is 17.5 Å². The molecule has 0 aliphatic heterocycles. The summed E-state index contributed by atoms with van der Waals surface area (Å²) in [5, 5.41) is 24.6. The van der Waals surface area contributed by atoms with Crippen LogP contribution in [0.1, 0.15) is 80.1 Å². The molecular weight excluding hydrogens is 432 g/mol. The number of hydrogen-bond donors (Lipinski definition) is 2. The van der Waals surface area contributed by atoms with E-state index in [1.54, 1.807) is 6.08 Å². The molecule has 3 fully saturated rings. The molecule has 8 unspecified atom stereocenters. The molecule has 4 aliphatic rings. The molecule has 3 saturated carbocycles. The Morgan fingerprint density at radius 2 is 1.85 bits per heavy atom. The number of aliphatic hydroxyl groups is 2. The third kappa shape index (κ3) is 3.55. The highest BCUT2D eigenvalue weighted by atomic mass is 16.6. The van der Waals surface area contributed by atoms with Crippen LogP contribution in [0.4, 0.5) is 0 Å². The quantitative estimate of drug-likeness (QED) is 0.475. The van der Waals surface area contributed by atoms with Crippen molar-refractivity contribution in [3.8, 4) is 0 Å². The van der Waals surface area contributed by atoms with Crippen LogP contribution in [0.2, 0.25) is 0 Å². The Balaban J connectivity index is 1.77. The second-order valence-electron chi connectivity index (χ2n) is 12.0. The van der Waals surface area contributed by atoms with Gasteiger partial charge in [-0.1, -0.05) is 38.8 Å². The van der Waals surface area contributed by atoms with Crippen molar-refractivity contribution in [1.29, 1.82) is 0 Å². The number of carbonyl (C=O) groups is 3. The Morgan fingerprint density at radius 1 is 1.18 bits per heavy atom. The van der Waals surface area contributed by atoms with Gasteiger partial charge < -0.3 is 14.9 Å². The molecule has 0 saturated heterocycles. The van der Waals surface area contributed by atoms with Crippen LogP contribution in [0.15, 0.2) is 23.3 Å². The van der Waals surface area contributed by atoms with Gasteiger partial charge in [-0.05, 0) is 81.1 Å². The summed E-state index contributed by atoms with van der Waals surface area (Å²) in [6.45, 7) is 11.3. The monoisotopic (exact) mass is 472 g/mol. The Hall–Kier alpha value is -1.79. The number of hydrogen-bond acceptors (Lipinski definition) is 6. The SMILES string of the molecule is CC(=O)C1CC(OC(=O)/C=C(/C)C(C)C)C2(O)C3CCC4=CC(=O)CCC4(C)C3CC2(O)C1C. The Bertz CT molecular complexity index is 962. The number of fused-ring (bicyclic) bond motifs is 5. The van der Waals surface area contributed by atoms with Crippen molar-refractivity contribution in [1.82, 2.24) is 0 Å². The van der Waals surface area contributed by atoms with Gasteiger partial charge in [-0.2, -0.15) is 0 Å². The molecule has 0 aromatic carbocycles. The van der Waals surface area contributed by atoms with E-state index in [4.69, 9.17) is 4.74 Å². The number of carbonyl (C=O) groups excluding carboxylic acids is 3. The van der Waals surface area contributed by atoms with Gasteiger partial charge in [-0.15, -0.1) is 0 Å². The predicted octanol–water partition coefficient (Wildman–Crippen LogP) is 3.93. The molecule has 0 aromatic heterocycles. The maximum Gasteiger partial charge on any atom is 0.331 e. The molecule has 188 valence electrons. The van der Waals surface area contributed by atoms with E-state index in [1.165, 1.54) is 13.0 Å². The zero-order valence-corrected chi connectivity index (χ0v) is 21.4. The summed E-state index contributed by atoms with van der Waals surface area (Å²) in [4.78, 5) is 37.6. The molecule has 0 spiro atoms. The van der Waals surface area contributed by atoms with Gasteiger partial charge in [0.15, 0.2) is 5.78 Å². The summed E-state index contributed by atoms with van der Waals surface area (Å²) in [6.07, 6.45) is 5.24. The van der Waals surface area contributed by atoms with Crippen LogP contribution in [0.3, 0.4) is 0 Å². The van der Waals surface area contributed by atoms with Gasteiger partial charge in [-0.3, -0.25) is 9.59 Å². The van der Waals surface area contributed by atoms with Gasteiger partial charge >= 0.3 is 5.97 Å². The first-order valence-corrected chi connectivity index (χ1v) is 12.8. The smallest absolute Gasteiger partial charge is 0.331 e. The number of ketones is 2. The van der Waals surface area contributed by atoms with Gasteiger partial charge in [0.2, 0.25) is 0 Å². The molecular formula is C28H40O6. The molecule has 8 atom stereocenters. The first kappa shape index (κ1) is 25.3. The van der Waals surface area contributed by atoms with Crippen molar-refractivity contribution in [3.05, 3.63) is 23.3 Å². The second-order valence-corrected chi connectivity index (χ2v) is 12.0. The lowest BCUT2D eigenvalue weighted by atomic mass is 9.54. The highest BCUT2D eigenvalue weighted by Crippen LogP contribution is 2.68. The molecule has 6 heteroatoms. The number of ether oxygens (including phenoxy) is 1. The fourth-order valence-electron chi connectivity index (χ4n) is 7.62. The Kier molecular flexibility index (Phi) is 6.26. The Morgan fingerprint density at radius 3 is 2.47 bits per heavy atom. The fraction of sp³-hybridized carbons (Fsp3) is 0.750. The van der Waals surface area contributed by atoms with E-state index in [9.17, 15) is 24.6 Å². The Labute approximate surface area is 202 Å². The van der Waals surface area contributed by atoms with Gasteiger partial charge in [0.25, 0.3) is 0 Å². The van der Waals surface area contributed by atoms with Crippen molar-refractivity contribution in [2.45, 2.75) is 97.4 Å². The van der Waals surface area contributed by atoms with Gasteiger partial charge in [-0.25, -0.2) is 4.79 Å². The third-order valence-electron chi connectivity index (χ3n) is 10.1. The van der Waals surface area contributed by atoms with E-state index in [2.05, 4.69) is 6.92 Å². The predicted molar refractivity (Wildman–Crippen MR) is 128 cm³/mol. The summed E-state index contributed by atoms with van der Waals surface area (Å²) >= 11 is 0. The first-order chi connectivity index (χ1) is 15.8. The van der Waals surface area contributed by atoms with Crippen molar-refractivity contribution in [3.63, 3.8) is 0 Å². The van der Waals surface area contributed by atoms with E-state index in [-0.39, 0.29) is 41.2 Å².